The first-order valence-corrected chi connectivity index (χ1v) is 25.5. The van der Waals surface area contributed by atoms with Crippen molar-refractivity contribution in [2.24, 2.45) is 0 Å². The molecule has 1 N–H and O–H groups in total. The van der Waals surface area contributed by atoms with Crippen molar-refractivity contribution in [2.75, 3.05) is 8.13 Å². The van der Waals surface area contributed by atoms with E-state index in [2.05, 4.69) is 211 Å². The second-order valence-electron chi connectivity index (χ2n) is 17.4. The summed E-state index contributed by atoms with van der Waals surface area (Å²) in [5.41, 5.74) is 15.0. The second kappa shape index (κ2) is 11.5. The van der Waals surface area contributed by atoms with E-state index >= 15 is 0 Å². The fourth-order valence-electron chi connectivity index (χ4n) is 12.1. The number of nitrogens with one attached hydrogen (secondary N) is 1. The van der Waals surface area contributed by atoms with Crippen LogP contribution in [0.15, 0.2) is 182 Å². The zero-order valence-electron chi connectivity index (χ0n) is 34.1. The van der Waals surface area contributed by atoms with Crippen molar-refractivity contribution in [1.82, 2.24) is 11.6 Å². The molecule has 15 rings (SSSR count). The molecule has 1 spiro atoms. The van der Waals surface area contributed by atoms with Gasteiger partial charge in [0.2, 0.25) is 0 Å². The molecule has 2 aliphatic rings. The van der Waals surface area contributed by atoms with Crippen LogP contribution < -0.4 is 8.13 Å². The molecule has 5 heterocycles. The summed E-state index contributed by atoms with van der Waals surface area (Å²) in [6.07, 6.45) is 0. The van der Waals surface area contributed by atoms with E-state index < -0.39 is 14.2 Å². The molecule has 0 aliphatic carbocycles. The molecule has 0 bridgehead atoms. The van der Waals surface area contributed by atoms with Gasteiger partial charge in [0.25, 0.3) is 0 Å². The van der Waals surface area contributed by atoms with Crippen LogP contribution >= 0.6 is 0 Å². The third-order valence-corrected chi connectivity index (χ3v) is 22.4. The van der Waals surface area contributed by atoms with Gasteiger partial charge in [0.05, 0.1) is 0 Å². The Bertz CT molecular complexity index is 4150. The van der Waals surface area contributed by atoms with E-state index in [1.54, 1.807) is 0 Å². The summed E-state index contributed by atoms with van der Waals surface area (Å²) in [4.78, 5) is 0. The molecular weight excluding hydrogens is 815 g/mol. The molecule has 0 fully saturated rings. The van der Waals surface area contributed by atoms with Crippen molar-refractivity contribution in [3.05, 3.63) is 193 Å². The van der Waals surface area contributed by atoms with Crippen molar-refractivity contribution in [3.8, 4) is 5.69 Å². The van der Waals surface area contributed by atoms with Gasteiger partial charge in [-0.25, -0.2) is 0 Å². The topological polar surface area (TPSA) is 30.1 Å². The van der Waals surface area contributed by atoms with Crippen LogP contribution in [0.3, 0.4) is 0 Å². The van der Waals surface area contributed by atoms with Crippen molar-refractivity contribution >= 4 is 129 Å². The van der Waals surface area contributed by atoms with Crippen LogP contribution in [0.25, 0.3) is 103 Å². The van der Waals surface area contributed by atoms with Gasteiger partial charge in [-0.2, -0.15) is 0 Å². The molecule has 290 valence electrons. The normalized spacial score (nSPS) is 15.7. The van der Waals surface area contributed by atoms with E-state index in [4.69, 9.17) is 4.27 Å². The van der Waals surface area contributed by atoms with Crippen molar-refractivity contribution in [1.29, 1.82) is 0 Å². The van der Waals surface area contributed by atoms with Gasteiger partial charge in [-0.3, -0.25) is 0 Å². The predicted molar refractivity (Wildman–Crippen MR) is 264 cm³/mol. The van der Waals surface area contributed by atoms with Crippen LogP contribution in [0.4, 0.5) is 17.1 Å². The number of rotatable bonds is 2. The second-order valence-corrected chi connectivity index (χ2v) is 23.4. The fourth-order valence-corrected chi connectivity index (χ4v) is 22.3. The summed E-state index contributed by atoms with van der Waals surface area (Å²) in [5.74, 6) is 0. The Morgan fingerprint density at radius 2 is 0.935 bits per heavy atom. The van der Waals surface area contributed by atoms with E-state index in [1.165, 1.54) is 132 Å². The number of nitrogens with zero attached hydrogens (tertiary/aromatic N) is 4. The molecule has 6 heteroatoms. The standard InChI is InChI=1S/C56H37GeN5/c1-33-15-14-16-34(2)53(33)62-56-42-25-11-9-22-39(42)38-21-8-10-24-41(38)52(56)58-57(62)60-45-26-13-12-23-40(45)43-28-31-46-50(54(43)60)51-47(59(46)36-18-4-3-5-19-36)32-29-44-49-37-20-7-6-17-35(37)27-30-48(49)61(57)55(44)51/h3-32,58H,1-2H3. The zero-order chi connectivity index (χ0) is 40.6. The summed E-state index contributed by atoms with van der Waals surface area (Å²) in [6, 6.07) is 68.6. The number of fused-ring (bicyclic) bond motifs is 16. The number of para-hydroxylation sites is 3. The van der Waals surface area contributed by atoms with E-state index in [0.29, 0.717) is 0 Å². The van der Waals surface area contributed by atoms with Gasteiger partial charge < -0.3 is 0 Å². The molecule has 1 unspecified atom stereocenters. The number of hydrogen-bond donors (Lipinski definition) is 1. The third kappa shape index (κ3) is 3.76. The molecule has 0 saturated carbocycles. The van der Waals surface area contributed by atoms with Gasteiger partial charge in [0, 0.05) is 0 Å². The molecule has 2 aliphatic heterocycles. The van der Waals surface area contributed by atoms with Crippen LogP contribution in [-0.2, 0) is 0 Å². The van der Waals surface area contributed by atoms with E-state index in [9.17, 15) is 0 Å². The number of aromatic nitrogens is 3. The Kier molecular flexibility index (Phi) is 6.15. The molecule has 5 nitrogen and oxygen atoms in total. The van der Waals surface area contributed by atoms with Gasteiger partial charge in [-0.15, -0.1) is 0 Å². The van der Waals surface area contributed by atoms with Gasteiger partial charge >= 0.3 is 361 Å². The minimum absolute atomic E-state index is 1.17. The van der Waals surface area contributed by atoms with Crippen LogP contribution in [0, 0.1) is 13.8 Å². The molecule has 0 radical (unpaired) electrons. The van der Waals surface area contributed by atoms with E-state index in [-0.39, 0.29) is 0 Å². The number of benzene rings is 10. The van der Waals surface area contributed by atoms with Gasteiger partial charge in [-0.1, -0.05) is 0 Å². The van der Waals surface area contributed by atoms with Crippen molar-refractivity contribution in [3.63, 3.8) is 0 Å². The Balaban J connectivity index is 1.29. The average molecular weight is 853 g/mol. The van der Waals surface area contributed by atoms with Gasteiger partial charge in [0.15, 0.2) is 0 Å². The molecule has 3 aromatic heterocycles. The summed E-state index contributed by atoms with van der Waals surface area (Å²) in [6.45, 7) is 4.63. The molecular formula is C56H37GeN5. The Hall–Kier alpha value is -7.48. The number of hydrogen-bond acceptors (Lipinski definition) is 2. The first-order valence-electron chi connectivity index (χ1n) is 21.6. The maximum atomic E-state index is 4.74. The van der Waals surface area contributed by atoms with Crippen LogP contribution in [0.1, 0.15) is 11.1 Å². The third-order valence-electron chi connectivity index (χ3n) is 14.4. The Morgan fingerprint density at radius 3 is 1.69 bits per heavy atom. The first kappa shape index (κ1) is 33.3. The Labute approximate surface area is 359 Å². The van der Waals surface area contributed by atoms with Crippen LogP contribution in [0.2, 0.25) is 0 Å². The average Bonchev–Trinajstić information content (AvgIpc) is 4.03. The molecule has 1 atom stereocenters. The Morgan fingerprint density at radius 1 is 0.371 bits per heavy atom. The van der Waals surface area contributed by atoms with Gasteiger partial charge in [-0.05, 0) is 0 Å². The molecule has 62 heavy (non-hydrogen) atoms. The zero-order valence-corrected chi connectivity index (χ0v) is 36.2. The predicted octanol–water partition coefficient (Wildman–Crippen LogP) is 14.5. The SMILES string of the molecule is Cc1cccc(C)c1[N]1c2c(c3ccccc3c3ccccc23)[NH][Ge]12[n]1c3ccccc3c3ccc4c(c5c(ccc6c7c8ccccc8ccc7[n]2c65)n4-c2ccccc2)c31. The van der Waals surface area contributed by atoms with Crippen LogP contribution in [-0.4, -0.2) is 25.8 Å². The first-order chi connectivity index (χ1) is 30.6. The molecule has 13 aromatic rings. The number of anilines is 3. The molecule has 0 amide bonds. The van der Waals surface area contributed by atoms with Crippen molar-refractivity contribution in [2.45, 2.75) is 13.8 Å². The summed E-state index contributed by atoms with van der Waals surface area (Å²) in [7, 11) is 0. The summed E-state index contributed by atoms with van der Waals surface area (Å²) in [5, 5.41) is 15.4. The van der Waals surface area contributed by atoms with Gasteiger partial charge in [0.1, 0.15) is 0 Å². The van der Waals surface area contributed by atoms with E-state index in [0.717, 1.165) is 0 Å². The fraction of sp³-hybridized carbons (Fsp3) is 0.0357. The number of aryl methyl sites for hydroxylation is 2. The minimum atomic E-state index is -4.56. The monoisotopic (exact) mass is 853 g/mol. The molecule has 10 aromatic carbocycles. The van der Waals surface area contributed by atoms with Crippen molar-refractivity contribution < 1.29 is 0 Å². The quantitative estimate of drug-likeness (QED) is 0.139. The summed E-state index contributed by atoms with van der Waals surface area (Å²) >= 11 is -4.56. The molecule has 0 saturated heterocycles. The van der Waals surface area contributed by atoms with Crippen LogP contribution in [0.5, 0.6) is 0 Å². The summed E-state index contributed by atoms with van der Waals surface area (Å²) < 4.78 is 15.9. The maximum absolute atomic E-state index is 4.74. The van der Waals surface area contributed by atoms with E-state index in [1.807, 2.05) is 0 Å².